The summed E-state index contributed by atoms with van der Waals surface area (Å²) >= 11 is 0. The Hall–Kier alpha value is -3.23. The fourth-order valence-corrected chi connectivity index (χ4v) is 3.25. The van der Waals surface area contributed by atoms with E-state index in [4.69, 9.17) is 9.47 Å². The van der Waals surface area contributed by atoms with Gasteiger partial charge < -0.3 is 14.8 Å². The summed E-state index contributed by atoms with van der Waals surface area (Å²) in [5.74, 6) is -0.384. The van der Waals surface area contributed by atoms with Crippen molar-refractivity contribution in [1.29, 1.82) is 0 Å². The molecule has 0 aliphatic carbocycles. The zero-order valence-corrected chi connectivity index (χ0v) is 18.8. The molecule has 2 aromatic carbocycles. The number of rotatable bonds is 6. The summed E-state index contributed by atoms with van der Waals surface area (Å²) in [4.78, 5) is 31.3. The summed E-state index contributed by atoms with van der Waals surface area (Å²) in [5.41, 5.74) is 3.99. The average molecular weight is 439 g/mol. The van der Waals surface area contributed by atoms with Gasteiger partial charge in [-0.25, -0.2) is 4.79 Å². The third-order valence-corrected chi connectivity index (χ3v) is 5.36. The fraction of sp³-hybridized carbons (Fsp3) is 0.375. The zero-order valence-electron chi connectivity index (χ0n) is 18.8. The van der Waals surface area contributed by atoms with Crippen molar-refractivity contribution in [3.63, 3.8) is 0 Å². The molecule has 2 aromatic rings. The van der Waals surface area contributed by atoms with Gasteiger partial charge in [-0.2, -0.15) is 0 Å². The number of aliphatic imine (C=N–C) groups is 1. The SMILES string of the molecule is COC(=O)c1ccc(C(=O)NC(=NCCN2CCOCC2)Nc2ccc(C)c(C)c2)cc1. The maximum absolute atomic E-state index is 12.8. The van der Waals surface area contributed by atoms with Crippen LogP contribution in [0.25, 0.3) is 0 Å². The molecular formula is C24H30N4O4. The van der Waals surface area contributed by atoms with Crippen LogP contribution in [0.1, 0.15) is 31.8 Å². The number of morpholine rings is 1. The number of nitrogens with one attached hydrogen (secondary N) is 2. The van der Waals surface area contributed by atoms with Gasteiger partial charge >= 0.3 is 5.97 Å². The summed E-state index contributed by atoms with van der Waals surface area (Å²) in [7, 11) is 1.32. The number of ether oxygens (including phenoxy) is 2. The molecule has 0 bridgehead atoms. The first-order valence-corrected chi connectivity index (χ1v) is 10.6. The number of anilines is 1. The van der Waals surface area contributed by atoms with Gasteiger partial charge in [-0.1, -0.05) is 6.07 Å². The van der Waals surface area contributed by atoms with Crippen molar-refractivity contribution >= 4 is 23.5 Å². The number of carbonyl (C=O) groups excluding carboxylic acids is 2. The van der Waals surface area contributed by atoms with Crippen molar-refractivity contribution < 1.29 is 19.1 Å². The van der Waals surface area contributed by atoms with Gasteiger partial charge in [0.25, 0.3) is 5.91 Å². The van der Waals surface area contributed by atoms with Crippen LogP contribution in [-0.2, 0) is 9.47 Å². The Kier molecular flexibility index (Phi) is 8.35. The van der Waals surface area contributed by atoms with Crippen LogP contribution >= 0.6 is 0 Å². The third kappa shape index (κ3) is 6.63. The van der Waals surface area contributed by atoms with E-state index in [1.807, 2.05) is 25.1 Å². The standard InChI is InChI=1S/C24H30N4O4/c1-17-4-9-21(16-18(17)2)26-24(25-10-11-28-12-14-32-15-13-28)27-22(29)19-5-7-20(8-6-19)23(30)31-3/h4-9,16H,10-15H2,1-3H3,(H2,25,26,27,29). The molecule has 1 saturated heterocycles. The molecule has 0 aromatic heterocycles. The quantitative estimate of drug-likeness (QED) is 0.409. The molecule has 170 valence electrons. The van der Waals surface area contributed by atoms with E-state index in [0.29, 0.717) is 23.6 Å². The summed E-state index contributed by atoms with van der Waals surface area (Å²) in [6, 6.07) is 12.3. The summed E-state index contributed by atoms with van der Waals surface area (Å²) < 4.78 is 10.1. The minimum absolute atomic E-state index is 0.317. The van der Waals surface area contributed by atoms with Crippen molar-refractivity contribution in [3.8, 4) is 0 Å². The molecule has 0 radical (unpaired) electrons. The van der Waals surface area contributed by atoms with Crippen LogP contribution in [0, 0.1) is 13.8 Å². The van der Waals surface area contributed by atoms with Gasteiger partial charge in [0.15, 0.2) is 0 Å². The topological polar surface area (TPSA) is 92.3 Å². The zero-order chi connectivity index (χ0) is 22.9. The lowest BCUT2D eigenvalue weighted by Gasteiger charge is -2.25. The highest BCUT2D eigenvalue weighted by Crippen LogP contribution is 2.14. The smallest absolute Gasteiger partial charge is 0.337 e. The van der Waals surface area contributed by atoms with E-state index in [0.717, 1.165) is 44.1 Å². The van der Waals surface area contributed by atoms with E-state index in [9.17, 15) is 9.59 Å². The van der Waals surface area contributed by atoms with E-state index in [1.165, 1.54) is 12.7 Å². The van der Waals surface area contributed by atoms with Crippen LogP contribution in [-0.4, -0.2) is 69.2 Å². The van der Waals surface area contributed by atoms with Gasteiger partial charge in [-0.15, -0.1) is 0 Å². The minimum atomic E-state index is -0.446. The van der Waals surface area contributed by atoms with E-state index in [2.05, 4.69) is 27.4 Å². The molecule has 0 atom stereocenters. The molecule has 1 aliphatic rings. The van der Waals surface area contributed by atoms with E-state index in [-0.39, 0.29) is 5.91 Å². The van der Waals surface area contributed by atoms with Crippen LogP contribution in [0.15, 0.2) is 47.5 Å². The number of benzene rings is 2. The Bertz CT molecular complexity index is 966. The Balaban J connectivity index is 1.71. The van der Waals surface area contributed by atoms with Crippen LogP contribution in [0.5, 0.6) is 0 Å². The number of guanidine groups is 1. The molecule has 8 heteroatoms. The number of esters is 1. The fourth-order valence-electron chi connectivity index (χ4n) is 3.25. The first-order chi connectivity index (χ1) is 15.5. The van der Waals surface area contributed by atoms with E-state index < -0.39 is 5.97 Å². The first-order valence-electron chi connectivity index (χ1n) is 10.6. The predicted molar refractivity (Wildman–Crippen MR) is 124 cm³/mol. The number of methoxy groups -OCH3 is 1. The highest BCUT2D eigenvalue weighted by atomic mass is 16.5. The normalized spacial score (nSPS) is 14.7. The predicted octanol–water partition coefficient (Wildman–Crippen LogP) is 2.62. The summed E-state index contributed by atoms with van der Waals surface area (Å²) in [6.07, 6.45) is 0. The van der Waals surface area contributed by atoms with Crippen LogP contribution in [0.4, 0.5) is 5.69 Å². The number of aryl methyl sites for hydroxylation is 2. The highest BCUT2D eigenvalue weighted by Gasteiger charge is 2.13. The minimum Gasteiger partial charge on any atom is -0.465 e. The number of hydrogen-bond donors (Lipinski definition) is 2. The average Bonchev–Trinajstić information content (AvgIpc) is 2.81. The lowest BCUT2D eigenvalue weighted by molar-refractivity contribution is 0.0394. The maximum Gasteiger partial charge on any atom is 0.337 e. The largest absolute Gasteiger partial charge is 0.465 e. The molecular weight excluding hydrogens is 408 g/mol. The van der Waals surface area contributed by atoms with E-state index in [1.54, 1.807) is 24.3 Å². The number of nitrogens with zero attached hydrogens (tertiary/aromatic N) is 2. The Morgan fingerprint density at radius 1 is 1.03 bits per heavy atom. The van der Waals surface area contributed by atoms with Gasteiger partial charge in [0.2, 0.25) is 5.96 Å². The molecule has 8 nitrogen and oxygen atoms in total. The molecule has 0 saturated carbocycles. The van der Waals surface area contributed by atoms with Crippen LogP contribution in [0.3, 0.4) is 0 Å². The van der Waals surface area contributed by atoms with Crippen molar-refractivity contribution in [2.24, 2.45) is 4.99 Å². The van der Waals surface area contributed by atoms with Gasteiger partial charge in [-0.3, -0.25) is 20.0 Å². The molecule has 1 aliphatic heterocycles. The Morgan fingerprint density at radius 3 is 2.38 bits per heavy atom. The first kappa shape index (κ1) is 23.4. The molecule has 0 spiro atoms. The molecule has 1 amide bonds. The second-order valence-corrected chi connectivity index (χ2v) is 7.63. The van der Waals surface area contributed by atoms with Gasteiger partial charge in [-0.05, 0) is 61.4 Å². The Labute approximate surface area is 188 Å². The third-order valence-electron chi connectivity index (χ3n) is 5.36. The van der Waals surface area contributed by atoms with Crippen molar-refractivity contribution in [1.82, 2.24) is 10.2 Å². The molecule has 32 heavy (non-hydrogen) atoms. The molecule has 2 N–H and O–H groups in total. The van der Waals surface area contributed by atoms with Gasteiger partial charge in [0.1, 0.15) is 0 Å². The van der Waals surface area contributed by atoms with Gasteiger partial charge in [0, 0.05) is 30.9 Å². The van der Waals surface area contributed by atoms with Gasteiger partial charge in [0.05, 0.1) is 32.4 Å². The number of carbonyl (C=O) groups is 2. The molecule has 3 rings (SSSR count). The number of amides is 1. The number of hydrogen-bond acceptors (Lipinski definition) is 6. The molecule has 1 fully saturated rings. The van der Waals surface area contributed by atoms with Crippen LogP contribution < -0.4 is 10.6 Å². The second-order valence-electron chi connectivity index (χ2n) is 7.63. The lowest BCUT2D eigenvalue weighted by Crippen LogP contribution is -2.39. The summed E-state index contributed by atoms with van der Waals surface area (Å²) in [6.45, 7) is 8.64. The van der Waals surface area contributed by atoms with Crippen molar-refractivity contribution in [2.75, 3.05) is 51.8 Å². The highest BCUT2D eigenvalue weighted by molar-refractivity contribution is 6.10. The maximum atomic E-state index is 12.8. The van der Waals surface area contributed by atoms with Crippen molar-refractivity contribution in [3.05, 3.63) is 64.7 Å². The second kappa shape index (κ2) is 11.4. The lowest BCUT2D eigenvalue weighted by atomic mass is 10.1. The van der Waals surface area contributed by atoms with Crippen LogP contribution in [0.2, 0.25) is 0 Å². The molecule has 0 unspecified atom stereocenters. The molecule has 1 heterocycles. The van der Waals surface area contributed by atoms with Crippen molar-refractivity contribution in [2.45, 2.75) is 13.8 Å². The summed E-state index contributed by atoms with van der Waals surface area (Å²) in [5, 5.41) is 6.08. The van der Waals surface area contributed by atoms with E-state index >= 15 is 0 Å². The Morgan fingerprint density at radius 2 is 1.72 bits per heavy atom. The monoisotopic (exact) mass is 438 g/mol.